The topological polar surface area (TPSA) is 117 Å². The van der Waals surface area contributed by atoms with Crippen LogP contribution in [0.25, 0.3) is 0 Å². The number of carbonyl (C=O) groups is 1. The molecule has 0 fully saturated rings. The molecule has 1 aromatic rings. The van der Waals surface area contributed by atoms with Crippen LogP contribution in [0.1, 0.15) is 19.8 Å². The van der Waals surface area contributed by atoms with Crippen LogP contribution in [0.2, 0.25) is 0 Å². The van der Waals surface area contributed by atoms with Gasteiger partial charge in [0, 0.05) is 18.6 Å². The van der Waals surface area contributed by atoms with E-state index in [1.807, 2.05) is 5.43 Å². The van der Waals surface area contributed by atoms with E-state index in [1.165, 1.54) is 25.3 Å². The molecular weight excluding hydrogens is 266 g/mol. The highest BCUT2D eigenvalue weighted by molar-refractivity contribution is 5.75. The van der Waals surface area contributed by atoms with Gasteiger partial charge < -0.3 is 9.47 Å². The second-order valence-corrected chi connectivity index (χ2v) is 4.13. The van der Waals surface area contributed by atoms with Crippen LogP contribution in [0.4, 0.5) is 5.69 Å². The summed E-state index contributed by atoms with van der Waals surface area (Å²) in [6, 6.07) is 4.24. The van der Waals surface area contributed by atoms with Gasteiger partial charge in [-0.05, 0) is 19.4 Å². The van der Waals surface area contributed by atoms with Crippen molar-refractivity contribution < 1.29 is 19.2 Å². The first-order valence-corrected chi connectivity index (χ1v) is 5.96. The molecule has 110 valence electrons. The molecular formula is C12H17N3O5. The molecule has 0 aliphatic rings. The molecule has 8 heteroatoms. The van der Waals surface area contributed by atoms with Crippen molar-refractivity contribution in [1.82, 2.24) is 5.43 Å². The molecule has 0 saturated heterocycles. The number of nitrogens with zero attached hydrogens (tertiary/aromatic N) is 1. The van der Waals surface area contributed by atoms with Crippen molar-refractivity contribution >= 4 is 11.6 Å². The van der Waals surface area contributed by atoms with Gasteiger partial charge >= 0.3 is 5.69 Å². The predicted molar refractivity (Wildman–Crippen MR) is 71.3 cm³/mol. The summed E-state index contributed by atoms with van der Waals surface area (Å²) in [6.45, 7) is 1.72. The summed E-state index contributed by atoms with van der Waals surface area (Å²) in [5.74, 6) is 5.21. The Balaban J connectivity index is 2.78. The van der Waals surface area contributed by atoms with E-state index >= 15 is 0 Å². The van der Waals surface area contributed by atoms with E-state index in [0.29, 0.717) is 12.2 Å². The lowest BCUT2D eigenvalue weighted by Gasteiger charge is -2.14. The van der Waals surface area contributed by atoms with E-state index in [1.54, 1.807) is 6.92 Å². The van der Waals surface area contributed by atoms with E-state index in [-0.39, 0.29) is 29.9 Å². The van der Waals surface area contributed by atoms with E-state index in [2.05, 4.69) is 0 Å². The lowest BCUT2D eigenvalue weighted by molar-refractivity contribution is -0.386. The number of hydrazine groups is 1. The van der Waals surface area contributed by atoms with Crippen molar-refractivity contribution in [3.8, 4) is 11.5 Å². The monoisotopic (exact) mass is 283 g/mol. The highest BCUT2D eigenvalue weighted by atomic mass is 16.6. The van der Waals surface area contributed by atoms with Gasteiger partial charge in [-0.3, -0.25) is 20.3 Å². The lowest BCUT2D eigenvalue weighted by atomic mass is 10.2. The molecule has 0 bridgehead atoms. The van der Waals surface area contributed by atoms with Crippen LogP contribution in [0.15, 0.2) is 18.2 Å². The maximum atomic E-state index is 11.0. The van der Waals surface area contributed by atoms with Crippen molar-refractivity contribution in [3.05, 3.63) is 28.3 Å². The molecule has 0 aromatic heterocycles. The molecule has 1 rings (SSSR count). The summed E-state index contributed by atoms with van der Waals surface area (Å²) in [5, 5.41) is 10.9. The van der Waals surface area contributed by atoms with Crippen molar-refractivity contribution in [3.63, 3.8) is 0 Å². The van der Waals surface area contributed by atoms with Gasteiger partial charge in [0.1, 0.15) is 5.75 Å². The third kappa shape index (κ3) is 4.39. The number of carbonyl (C=O) groups excluding carboxylic acids is 1. The highest BCUT2D eigenvalue weighted by Crippen LogP contribution is 2.32. The molecule has 0 aliphatic heterocycles. The van der Waals surface area contributed by atoms with Crippen LogP contribution in [0.3, 0.4) is 0 Å². The van der Waals surface area contributed by atoms with Crippen molar-refractivity contribution in [2.45, 2.75) is 25.9 Å². The number of nitro benzene ring substituents is 1. The highest BCUT2D eigenvalue weighted by Gasteiger charge is 2.18. The Bertz CT molecular complexity index is 492. The average molecular weight is 283 g/mol. The first kappa shape index (κ1) is 15.7. The number of hydrogen-bond donors (Lipinski definition) is 2. The Labute approximate surface area is 116 Å². The predicted octanol–water partition coefficient (Wildman–Crippen LogP) is 1.14. The van der Waals surface area contributed by atoms with Gasteiger partial charge in [0.05, 0.1) is 18.1 Å². The summed E-state index contributed by atoms with van der Waals surface area (Å²) < 4.78 is 10.5. The molecule has 0 heterocycles. The molecule has 0 spiro atoms. The number of rotatable bonds is 7. The zero-order chi connectivity index (χ0) is 15.1. The minimum atomic E-state index is -0.534. The number of nitro groups is 1. The van der Waals surface area contributed by atoms with Crippen LogP contribution >= 0.6 is 0 Å². The molecule has 0 aliphatic carbocycles. The van der Waals surface area contributed by atoms with Crippen LogP contribution in [-0.2, 0) is 4.79 Å². The van der Waals surface area contributed by atoms with Crippen LogP contribution in [0, 0.1) is 10.1 Å². The van der Waals surface area contributed by atoms with Gasteiger partial charge in [-0.2, -0.15) is 0 Å². The van der Waals surface area contributed by atoms with Gasteiger partial charge in [0.15, 0.2) is 0 Å². The fourth-order valence-electron chi connectivity index (χ4n) is 1.55. The molecule has 20 heavy (non-hydrogen) atoms. The molecule has 0 saturated carbocycles. The van der Waals surface area contributed by atoms with E-state index in [4.69, 9.17) is 15.3 Å². The zero-order valence-corrected chi connectivity index (χ0v) is 11.3. The fraction of sp³-hybridized carbons (Fsp3) is 0.417. The van der Waals surface area contributed by atoms with Crippen molar-refractivity contribution in [2.75, 3.05) is 7.11 Å². The average Bonchev–Trinajstić information content (AvgIpc) is 2.44. The number of ether oxygens (including phenoxy) is 2. The van der Waals surface area contributed by atoms with Gasteiger partial charge in [0.25, 0.3) is 0 Å². The second-order valence-electron chi connectivity index (χ2n) is 4.13. The van der Waals surface area contributed by atoms with E-state index in [0.717, 1.165) is 0 Å². The maximum absolute atomic E-state index is 11.0. The minimum Gasteiger partial charge on any atom is -0.497 e. The summed E-state index contributed by atoms with van der Waals surface area (Å²) in [7, 11) is 1.46. The quantitative estimate of drug-likeness (QED) is 0.335. The number of hydrogen-bond acceptors (Lipinski definition) is 6. The maximum Gasteiger partial charge on any atom is 0.311 e. The lowest BCUT2D eigenvalue weighted by Crippen LogP contribution is -2.30. The standard InChI is InChI=1S/C12H17N3O5/c1-8(3-6-12(16)14-13)20-11-7-9(19-2)4-5-10(11)15(17)18/h4-5,7-8H,3,6,13H2,1-2H3,(H,14,16). The van der Waals surface area contributed by atoms with Crippen LogP contribution in [0.5, 0.6) is 11.5 Å². The molecule has 1 unspecified atom stereocenters. The third-order valence-corrected chi connectivity index (χ3v) is 2.63. The molecule has 8 nitrogen and oxygen atoms in total. The molecule has 1 atom stereocenters. The number of nitrogens with one attached hydrogen (secondary N) is 1. The van der Waals surface area contributed by atoms with Crippen molar-refractivity contribution in [1.29, 1.82) is 0 Å². The SMILES string of the molecule is COc1ccc([N+](=O)[O-])c(OC(C)CCC(=O)NN)c1. The largest absolute Gasteiger partial charge is 0.497 e. The number of amides is 1. The van der Waals surface area contributed by atoms with Gasteiger partial charge in [-0.1, -0.05) is 0 Å². The van der Waals surface area contributed by atoms with Crippen LogP contribution in [-0.4, -0.2) is 24.0 Å². The molecule has 1 aromatic carbocycles. The van der Waals surface area contributed by atoms with Gasteiger partial charge in [-0.25, -0.2) is 5.84 Å². The zero-order valence-electron chi connectivity index (χ0n) is 11.3. The summed E-state index contributed by atoms with van der Waals surface area (Å²) >= 11 is 0. The fourth-order valence-corrected chi connectivity index (χ4v) is 1.55. The Morgan fingerprint density at radius 2 is 2.25 bits per heavy atom. The molecule has 1 amide bonds. The number of nitrogens with two attached hydrogens (primary N) is 1. The second kappa shape index (κ2) is 7.29. The molecule has 0 radical (unpaired) electrons. The number of benzene rings is 1. The smallest absolute Gasteiger partial charge is 0.311 e. The Morgan fingerprint density at radius 1 is 1.55 bits per heavy atom. The number of methoxy groups -OCH3 is 1. The van der Waals surface area contributed by atoms with E-state index < -0.39 is 4.92 Å². The Morgan fingerprint density at radius 3 is 2.80 bits per heavy atom. The summed E-state index contributed by atoms with van der Waals surface area (Å²) in [4.78, 5) is 21.4. The minimum absolute atomic E-state index is 0.106. The van der Waals surface area contributed by atoms with Gasteiger partial charge in [0.2, 0.25) is 11.7 Å². The Hall–Kier alpha value is -2.35. The third-order valence-electron chi connectivity index (χ3n) is 2.63. The summed E-state index contributed by atoms with van der Waals surface area (Å²) in [6.07, 6.45) is 0.186. The molecule has 3 N–H and O–H groups in total. The van der Waals surface area contributed by atoms with Gasteiger partial charge in [-0.15, -0.1) is 0 Å². The first-order chi connectivity index (χ1) is 9.47. The first-order valence-electron chi connectivity index (χ1n) is 5.96. The Kier molecular flexibility index (Phi) is 5.73. The normalized spacial score (nSPS) is 11.6. The van der Waals surface area contributed by atoms with Crippen molar-refractivity contribution in [2.24, 2.45) is 5.84 Å². The van der Waals surface area contributed by atoms with E-state index in [9.17, 15) is 14.9 Å². The summed E-state index contributed by atoms with van der Waals surface area (Å²) in [5.41, 5.74) is 1.86. The van der Waals surface area contributed by atoms with Crippen LogP contribution < -0.4 is 20.7 Å².